The summed E-state index contributed by atoms with van der Waals surface area (Å²) in [5.41, 5.74) is 2.24. The van der Waals surface area contributed by atoms with E-state index in [1.54, 1.807) is 43.3 Å². The van der Waals surface area contributed by atoms with Gasteiger partial charge >= 0.3 is 0 Å². The minimum absolute atomic E-state index is 0.177. The lowest BCUT2D eigenvalue weighted by atomic mass is 9.95. The molecular weight excluding hydrogens is 643 g/mol. The van der Waals surface area contributed by atoms with Gasteiger partial charge in [0.25, 0.3) is 17.7 Å². The van der Waals surface area contributed by atoms with Gasteiger partial charge in [0.1, 0.15) is 11.6 Å². The highest BCUT2D eigenvalue weighted by Gasteiger charge is 2.40. The third-order valence-electron chi connectivity index (χ3n) is 9.61. The zero-order valence-electron chi connectivity index (χ0n) is 30.4. The standard InChI is InChI=1S/C41H51N5O3S/c1-7-11-19-30(9-3)27-45(28-31(10-4)20-12-8-2)41-43-37(32-21-15-13-16-22-32)36(50-41)25-34-29(5)35(26-42)40(49)46(39(34)48)44(6)38(47)33-23-17-14-18-24-33/h13-18,21-25,30-31H,7-12,19-20,27-28H2,1-6H3/b34-25-. The Bertz CT molecular complexity index is 1710. The molecular formula is C41H51N5O3S. The molecule has 3 aromatic rings. The van der Waals surface area contributed by atoms with Gasteiger partial charge in [0.15, 0.2) is 5.13 Å². The maximum Gasteiger partial charge on any atom is 0.290 e. The molecule has 0 aliphatic carbocycles. The number of imide groups is 1. The molecule has 0 saturated carbocycles. The van der Waals surface area contributed by atoms with E-state index in [-0.39, 0.29) is 16.7 Å². The molecule has 3 amide bonds. The molecule has 0 bridgehead atoms. The molecule has 1 aliphatic rings. The lowest BCUT2D eigenvalue weighted by Gasteiger charge is -2.33. The smallest absolute Gasteiger partial charge is 0.290 e. The number of unbranched alkanes of at least 4 members (excludes halogenated alkanes) is 2. The minimum Gasteiger partial charge on any atom is -0.348 e. The number of nitriles is 1. The van der Waals surface area contributed by atoms with Crippen molar-refractivity contribution >= 4 is 40.3 Å². The Hall–Kier alpha value is -4.55. The third kappa shape index (κ3) is 8.97. The fourth-order valence-electron chi connectivity index (χ4n) is 6.38. The predicted octanol–water partition coefficient (Wildman–Crippen LogP) is 9.33. The number of hydrogen-bond acceptors (Lipinski definition) is 7. The Balaban J connectivity index is 1.85. The normalized spacial score (nSPS) is 15.3. The van der Waals surface area contributed by atoms with Gasteiger partial charge in [-0.2, -0.15) is 10.3 Å². The van der Waals surface area contributed by atoms with Crippen LogP contribution in [0.3, 0.4) is 0 Å². The number of thiazole rings is 1. The molecule has 50 heavy (non-hydrogen) atoms. The van der Waals surface area contributed by atoms with Gasteiger partial charge in [-0.3, -0.25) is 14.4 Å². The van der Waals surface area contributed by atoms with Gasteiger partial charge in [0, 0.05) is 36.8 Å². The second-order valence-electron chi connectivity index (χ2n) is 13.1. The van der Waals surface area contributed by atoms with Gasteiger partial charge in [-0.15, -0.1) is 0 Å². The third-order valence-corrected chi connectivity index (χ3v) is 10.7. The highest BCUT2D eigenvalue weighted by molar-refractivity contribution is 7.17. The zero-order valence-corrected chi connectivity index (χ0v) is 31.3. The van der Waals surface area contributed by atoms with Crippen LogP contribution in [0.5, 0.6) is 0 Å². The van der Waals surface area contributed by atoms with Crippen molar-refractivity contribution in [3.05, 3.63) is 87.8 Å². The van der Waals surface area contributed by atoms with Crippen LogP contribution in [0.15, 0.2) is 77.4 Å². The van der Waals surface area contributed by atoms with E-state index < -0.39 is 17.7 Å². The lowest BCUT2D eigenvalue weighted by molar-refractivity contribution is -0.153. The van der Waals surface area contributed by atoms with Crippen LogP contribution < -0.4 is 4.90 Å². The Morgan fingerprint density at radius 3 is 1.98 bits per heavy atom. The van der Waals surface area contributed by atoms with E-state index in [1.165, 1.54) is 31.2 Å². The first-order chi connectivity index (χ1) is 24.2. The average Bonchev–Trinajstić information content (AvgIpc) is 3.57. The molecule has 4 rings (SSSR count). The van der Waals surface area contributed by atoms with Crippen molar-refractivity contribution in [1.29, 1.82) is 5.26 Å². The lowest BCUT2D eigenvalue weighted by Crippen LogP contribution is -2.53. The highest BCUT2D eigenvalue weighted by Crippen LogP contribution is 2.38. The summed E-state index contributed by atoms with van der Waals surface area (Å²) in [6.45, 7) is 12.4. The summed E-state index contributed by atoms with van der Waals surface area (Å²) in [4.78, 5) is 49.6. The summed E-state index contributed by atoms with van der Waals surface area (Å²) in [6, 6.07) is 20.4. The number of carbonyl (C=O) groups excluding carboxylic acids is 3. The van der Waals surface area contributed by atoms with Gasteiger partial charge in [-0.05, 0) is 55.4 Å². The number of carbonyl (C=O) groups is 3. The number of hydrogen-bond donors (Lipinski definition) is 0. The molecule has 264 valence electrons. The largest absolute Gasteiger partial charge is 0.348 e. The molecule has 8 nitrogen and oxygen atoms in total. The monoisotopic (exact) mass is 693 g/mol. The fourth-order valence-corrected chi connectivity index (χ4v) is 7.42. The van der Waals surface area contributed by atoms with Crippen LogP contribution in [0.4, 0.5) is 5.13 Å². The average molecular weight is 694 g/mol. The molecule has 0 N–H and O–H groups in total. The maximum atomic E-state index is 14.2. The van der Waals surface area contributed by atoms with E-state index in [9.17, 15) is 19.6 Å². The summed E-state index contributed by atoms with van der Waals surface area (Å²) in [5.74, 6) is -0.963. The number of rotatable bonds is 17. The highest BCUT2D eigenvalue weighted by atomic mass is 32.1. The first-order valence-electron chi connectivity index (χ1n) is 18.0. The number of amides is 3. The maximum absolute atomic E-state index is 14.2. The van der Waals surface area contributed by atoms with Crippen molar-refractivity contribution in [1.82, 2.24) is 15.0 Å². The van der Waals surface area contributed by atoms with E-state index in [1.807, 2.05) is 36.4 Å². The minimum atomic E-state index is -0.825. The number of hydrazine groups is 1. The number of benzene rings is 2. The molecule has 2 unspecified atom stereocenters. The van der Waals surface area contributed by atoms with Crippen molar-refractivity contribution in [2.75, 3.05) is 25.0 Å². The van der Waals surface area contributed by atoms with Crippen LogP contribution in [0, 0.1) is 23.2 Å². The summed E-state index contributed by atoms with van der Waals surface area (Å²) in [5, 5.41) is 12.8. The molecule has 0 saturated heterocycles. The molecule has 0 spiro atoms. The van der Waals surface area contributed by atoms with Gasteiger partial charge in [-0.1, -0.05) is 126 Å². The number of anilines is 1. The van der Waals surface area contributed by atoms with Crippen LogP contribution in [-0.2, 0) is 9.59 Å². The van der Waals surface area contributed by atoms with E-state index in [2.05, 4.69) is 32.6 Å². The molecule has 0 radical (unpaired) electrons. The summed E-state index contributed by atoms with van der Waals surface area (Å²) >= 11 is 1.53. The fraction of sp³-hybridized carbons (Fsp3) is 0.439. The molecule has 9 heteroatoms. The first-order valence-corrected chi connectivity index (χ1v) is 18.9. The summed E-state index contributed by atoms with van der Waals surface area (Å²) in [7, 11) is 1.38. The van der Waals surface area contributed by atoms with Crippen molar-refractivity contribution in [2.45, 2.75) is 86.0 Å². The second kappa shape index (κ2) is 18.4. The molecule has 2 heterocycles. The first kappa shape index (κ1) is 38.3. The summed E-state index contributed by atoms with van der Waals surface area (Å²) in [6.07, 6.45) is 11.0. The van der Waals surface area contributed by atoms with Gasteiger partial charge in [0.05, 0.1) is 10.6 Å². The Morgan fingerprint density at radius 2 is 1.46 bits per heavy atom. The van der Waals surface area contributed by atoms with Crippen molar-refractivity contribution in [3.63, 3.8) is 0 Å². The van der Waals surface area contributed by atoms with Crippen molar-refractivity contribution < 1.29 is 14.4 Å². The van der Waals surface area contributed by atoms with E-state index in [0.717, 1.165) is 82.9 Å². The van der Waals surface area contributed by atoms with Crippen LogP contribution >= 0.6 is 11.3 Å². The number of aromatic nitrogens is 1. The SMILES string of the molecule is CCCCC(CC)CN(CC(CC)CCCC)c1nc(-c2ccccc2)c(/C=C2\C(=O)N(N(C)C(=O)c3ccccc3)C(=O)C(C#N)=C2C)s1. The zero-order chi connectivity index (χ0) is 36.2. The van der Waals surface area contributed by atoms with Crippen LogP contribution in [-0.4, -0.2) is 52.9 Å². The molecule has 2 atom stereocenters. The van der Waals surface area contributed by atoms with E-state index in [0.29, 0.717) is 17.4 Å². The second-order valence-corrected chi connectivity index (χ2v) is 14.1. The quantitative estimate of drug-likeness (QED) is 0.103. The van der Waals surface area contributed by atoms with E-state index in [4.69, 9.17) is 4.98 Å². The number of nitrogens with zero attached hydrogens (tertiary/aromatic N) is 5. The Kier molecular flexibility index (Phi) is 14.1. The van der Waals surface area contributed by atoms with Crippen LogP contribution in [0.2, 0.25) is 0 Å². The summed E-state index contributed by atoms with van der Waals surface area (Å²) < 4.78 is 0. The van der Waals surface area contributed by atoms with Crippen molar-refractivity contribution in [2.24, 2.45) is 11.8 Å². The molecule has 1 aromatic heterocycles. The Morgan fingerprint density at radius 1 is 0.900 bits per heavy atom. The molecule has 1 aliphatic heterocycles. The van der Waals surface area contributed by atoms with Crippen molar-refractivity contribution in [3.8, 4) is 17.3 Å². The van der Waals surface area contributed by atoms with E-state index >= 15 is 0 Å². The Labute approximate surface area is 302 Å². The van der Waals surface area contributed by atoms with Gasteiger partial charge < -0.3 is 4.90 Å². The molecule has 2 aromatic carbocycles. The van der Waals surface area contributed by atoms with Crippen LogP contribution in [0.1, 0.15) is 101 Å². The topological polar surface area (TPSA) is 97.6 Å². The van der Waals surface area contributed by atoms with Gasteiger partial charge in [0.2, 0.25) is 0 Å². The molecule has 0 fully saturated rings. The predicted molar refractivity (Wildman–Crippen MR) is 203 cm³/mol. The van der Waals surface area contributed by atoms with Crippen LogP contribution in [0.25, 0.3) is 17.3 Å². The van der Waals surface area contributed by atoms with Gasteiger partial charge in [-0.25, -0.2) is 9.99 Å².